The molecule has 122 valence electrons. The highest BCUT2D eigenvalue weighted by Gasteiger charge is 2.13. The highest BCUT2D eigenvalue weighted by Crippen LogP contribution is 2.18. The summed E-state index contributed by atoms with van der Waals surface area (Å²) >= 11 is 0. The first-order valence-electron chi connectivity index (χ1n) is 7.31. The summed E-state index contributed by atoms with van der Waals surface area (Å²) in [5, 5.41) is 7.89. The number of carbonyl (C=O) groups excluding carboxylic acids is 1. The van der Waals surface area contributed by atoms with E-state index in [0.29, 0.717) is 12.4 Å². The zero-order valence-electron chi connectivity index (χ0n) is 13.9. The van der Waals surface area contributed by atoms with Crippen LogP contribution in [-0.2, 0) is 11.3 Å². The van der Waals surface area contributed by atoms with Gasteiger partial charge in [0.2, 0.25) is 5.88 Å². The Morgan fingerprint density at radius 3 is 2.65 bits per heavy atom. The first-order valence-corrected chi connectivity index (χ1v) is 7.31. The van der Waals surface area contributed by atoms with Crippen LogP contribution in [0.15, 0.2) is 30.3 Å². The average molecular weight is 315 g/mol. The van der Waals surface area contributed by atoms with Crippen LogP contribution in [0.3, 0.4) is 0 Å². The van der Waals surface area contributed by atoms with Crippen molar-refractivity contribution in [3.63, 3.8) is 0 Å². The number of likely N-dealkylation sites (N-methyl/N-ethyl adjacent to an activating group) is 1. The van der Waals surface area contributed by atoms with Gasteiger partial charge in [-0.2, -0.15) is 5.10 Å². The van der Waals surface area contributed by atoms with Gasteiger partial charge in [-0.3, -0.25) is 4.79 Å². The molecule has 0 saturated carbocycles. The molecule has 0 aliphatic heterocycles. The first kappa shape index (κ1) is 16.7. The van der Waals surface area contributed by atoms with Gasteiger partial charge in [0.1, 0.15) is 5.75 Å². The van der Waals surface area contributed by atoms with Crippen LogP contribution in [0.1, 0.15) is 16.8 Å². The Morgan fingerprint density at radius 2 is 1.96 bits per heavy atom. The van der Waals surface area contributed by atoms with Crippen LogP contribution >= 0.6 is 0 Å². The molecule has 0 atom stereocenters. The molecule has 6 heteroatoms. The molecule has 0 saturated heterocycles. The maximum absolute atomic E-state index is 12.2. The summed E-state index contributed by atoms with van der Waals surface area (Å²) in [7, 11) is 3.34. The number of amides is 1. The van der Waals surface area contributed by atoms with Crippen molar-refractivity contribution in [2.45, 2.75) is 20.4 Å². The van der Waals surface area contributed by atoms with E-state index >= 15 is 0 Å². The molecular formula is C17H21N3O3. The third kappa shape index (κ3) is 4.42. The van der Waals surface area contributed by atoms with Crippen molar-refractivity contribution in [2.24, 2.45) is 0 Å². The van der Waals surface area contributed by atoms with E-state index in [9.17, 15) is 4.79 Å². The summed E-state index contributed by atoms with van der Waals surface area (Å²) in [5.41, 5.74) is 2.76. The maximum atomic E-state index is 12.2. The van der Waals surface area contributed by atoms with Crippen LogP contribution in [0.5, 0.6) is 11.6 Å². The molecule has 23 heavy (non-hydrogen) atoms. The monoisotopic (exact) mass is 315 g/mol. The third-order valence-corrected chi connectivity index (χ3v) is 3.58. The molecule has 0 aliphatic rings. The number of rotatable bonds is 6. The van der Waals surface area contributed by atoms with Crippen LogP contribution < -0.4 is 9.47 Å². The number of nitrogens with zero attached hydrogens (tertiary/aromatic N) is 3. The molecule has 2 aromatic rings. The predicted molar refractivity (Wildman–Crippen MR) is 86.5 cm³/mol. The standard InChI is InChI=1S/C17H21N3O3/c1-12-9-16(19-18-13(12)2)23-11-17(21)20(3)10-14-7-5-6-8-15(14)22-4/h5-9H,10-11H2,1-4H3. The Labute approximate surface area is 136 Å². The Bertz CT molecular complexity index is 689. The lowest BCUT2D eigenvalue weighted by molar-refractivity contribution is -0.132. The van der Waals surface area contributed by atoms with E-state index in [1.54, 1.807) is 25.1 Å². The van der Waals surface area contributed by atoms with Gasteiger partial charge in [0.05, 0.1) is 12.8 Å². The highest BCUT2D eigenvalue weighted by molar-refractivity contribution is 5.77. The number of aromatic nitrogens is 2. The van der Waals surface area contributed by atoms with E-state index in [0.717, 1.165) is 22.6 Å². The molecule has 0 bridgehead atoms. The number of ether oxygens (including phenoxy) is 2. The second-order valence-corrected chi connectivity index (χ2v) is 5.30. The van der Waals surface area contributed by atoms with E-state index in [2.05, 4.69) is 10.2 Å². The summed E-state index contributed by atoms with van der Waals surface area (Å²) in [6.07, 6.45) is 0. The fourth-order valence-corrected chi connectivity index (χ4v) is 2.02. The fourth-order valence-electron chi connectivity index (χ4n) is 2.02. The van der Waals surface area contributed by atoms with Crippen molar-refractivity contribution in [3.05, 3.63) is 47.2 Å². The molecule has 1 aromatic heterocycles. The number of hydrogen-bond donors (Lipinski definition) is 0. The largest absolute Gasteiger partial charge is 0.496 e. The van der Waals surface area contributed by atoms with Crippen molar-refractivity contribution >= 4 is 5.91 Å². The quantitative estimate of drug-likeness (QED) is 0.817. The van der Waals surface area contributed by atoms with E-state index in [1.165, 1.54) is 0 Å². The summed E-state index contributed by atoms with van der Waals surface area (Å²) in [6, 6.07) is 9.38. The van der Waals surface area contributed by atoms with Crippen LogP contribution in [0.2, 0.25) is 0 Å². The molecule has 2 rings (SSSR count). The van der Waals surface area contributed by atoms with Gasteiger partial charge in [-0.1, -0.05) is 18.2 Å². The van der Waals surface area contributed by atoms with Gasteiger partial charge in [-0.05, 0) is 25.5 Å². The highest BCUT2D eigenvalue weighted by atomic mass is 16.5. The summed E-state index contributed by atoms with van der Waals surface area (Å²) < 4.78 is 10.7. The molecule has 0 aliphatic carbocycles. The van der Waals surface area contributed by atoms with Crippen molar-refractivity contribution in [1.29, 1.82) is 0 Å². The first-order chi connectivity index (χ1) is 11.0. The lowest BCUT2D eigenvalue weighted by Gasteiger charge is -2.18. The molecule has 0 unspecified atom stereocenters. The molecular weight excluding hydrogens is 294 g/mol. The molecule has 6 nitrogen and oxygen atoms in total. The molecule has 1 amide bonds. The molecule has 1 aromatic carbocycles. The molecule has 0 N–H and O–H groups in total. The van der Waals surface area contributed by atoms with Gasteiger partial charge in [0.15, 0.2) is 6.61 Å². The van der Waals surface area contributed by atoms with Crippen LogP contribution in [0.25, 0.3) is 0 Å². The predicted octanol–water partition coefficient (Wildman–Crippen LogP) is 2.14. The van der Waals surface area contributed by atoms with Gasteiger partial charge < -0.3 is 14.4 Å². The van der Waals surface area contributed by atoms with E-state index < -0.39 is 0 Å². The van der Waals surface area contributed by atoms with Crippen molar-refractivity contribution < 1.29 is 14.3 Å². The van der Waals surface area contributed by atoms with Crippen molar-refractivity contribution in [3.8, 4) is 11.6 Å². The number of para-hydroxylation sites is 1. The minimum Gasteiger partial charge on any atom is -0.496 e. The van der Waals surface area contributed by atoms with Gasteiger partial charge in [-0.25, -0.2) is 0 Å². The fraction of sp³-hybridized carbons (Fsp3) is 0.353. The number of carbonyl (C=O) groups is 1. The van der Waals surface area contributed by atoms with Crippen molar-refractivity contribution in [1.82, 2.24) is 15.1 Å². The van der Waals surface area contributed by atoms with Gasteiger partial charge in [-0.15, -0.1) is 5.10 Å². The van der Waals surface area contributed by atoms with Gasteiger partial charge >= 0.3 is 0 Å². The molecule has 0 radical (unpaired) electrons. The van der Waals surface area contributed by atoms with Gasteiger partial charge in [0.25, 0.3) is 5.91 Å². The van der Waals surface area contributed by atoms with E-state index in [1.807, 2.05) is 38.1 Å². The number of hydrogen-bond acceptors (Lipinski definition) is 5. The van der Waals surface area contributed by atoms with E-state index in [4.69, 9.17) is 9.47 Å². The zero-order valence-corrected chi connectivity index (χ0v) is 13.9. The lowest BCUT2D eigenvalue weighted by Crippen LogP contribution is -2.31. The van der Waals surface area contributed by atoms with E-state index in [-0.39, 0.29) is 12.5 Å². The molecule has 0 spiro atoms. The maximum Gasteiger partial charge on any atom is 0.260 e. The molecule has 0 fully saturated rings. The van der Waals surface area contributed by atoms with Crippen LogP contribution in [-0.4, -0.2) is 41.8 Å². The third-order valence-electron chi connectivity index (χ3n) is 3.58. The number of methoxy groups -OCH3 is 1. The second-order valence-electron chi connectivity index (χ2n) is 5.30. The Morgan fingerprint density at radius 1 is 1.22 bits per heavy atom. The summed E-state index contributed by atoms with van der Waals surface area (Å²) in [4.78, 5) is 13.8. The Kier molecular flexibility index (Phi) is 5.51. The minimum absolute atomic E-state index is 0.0805. The Balaban J connectivity index is 1.93. The SMILES string of the molecule is COc1ccccc1CN(C)C(=O)COc1cc(C)c(C)nn1. The number of aryl methyl sites for hydroxylation is 2. The van der Waals surface area contributed by atoms with Crippen molar-refractivity contribution in [2.75, 3.05) is 20.8 Å². The Hall–Kier alpha value is -2.63. The van der Waals surface area contributed by atoms with Gasteiger partial charge in [0, 0.05) is 25.2 Å². The zero-order chi connectivity index (χ0) is 16.8. The number of benzene rings is 1. The normalized spacial score (nSPS) is 10.3. The smallest absolute Gasteiger partial charge is 0.260 e. The van der Waals surface area contributed by atoms with Crippen LogP contribution in [0.4, 0.5) is 0 Å². The molecule has 1 heterocycles. The summed E-state index contributed by atoms with van der Waals surface area (Å²) in [6.45, 7) is 4.17. The van der Waals surface area contributed by atoms with Crippen LogP contribution in [0, 0.1) is 13.8 Å². The second kappa shape index (κ2) is 7.58. The topological polar surface area (TPSA) is 64.5 Å². The summed E-state index contributed by atoms with van der Waals surface area (Å²) in [5.74, 6) is 0.969. The minimum atomic E-state index is -0.143. The lowest BCUT2D eigenvalue weighted by atomic mass is 10.2. The average Bonchev–Trinajstić information content (AvgIpc) is 2.56.